The lowest BCUT2D eigenvalue weighted by atomic mass is 10.0. The normalized spacial score (nSPS) is 14.2. The van der Waals surface area contributed by atoms with Crippen LogP contribution in [0.1, 0.15) is 18.4 Å². The summed E-state index contributed by atoms with van der Waals surface area (Å²) in [6.45, 7) is 0. The molecule has 2 heterocycles. The molecule has 0 atom stereocenters. The summed E-state index contributed by atoms with van der Waals surface area (Å²) in [7, 11) is 0. The molecule has 1 aromatic carbocycles. The van der Waals surface area contributed by atoms with E-state index in [0.717, 1.165) is 28.6 Å². The smallest absolute Gasteiger partial charge is 0.223 e. The van der Waals surface area contributed by atoms with Gasteiger partial charge >= 0.3 is 0 Å². The Morgan fingerprint density at radius 2 is 2.00 bits per heavy atom. The van der Waals surface area contributed by atoms with Gasteiger partial charge in [-0.1, -0.05) is 23.7 Å². The van der Waals surface area contributed by atoms with E-state index in [-0.39, 0.29) is 0 Å². The predicted molar refractivity (Wildman–Crippen MR) is 82.1 cm³/mol. The van der Waals surface area contributed by atoms with E-state index in [1.807, 2.05) is 18.2 Å². The topological polar surface area (TPSA) is 80.2 Å². The summed E-state index contributed by atoms with van der Waals surface area (Å²) >= 11 is 6.41. The van der Waals surface area contributed by atoms with Crippen LogP contribution in [0, 0.1) is 5.92 Å². The van der Waals surface area contributed by atoms with Crippen molar-refractivity contribution in [3.8, 4) is 22.8 Å². The van der Waals surface area contributed by atoms with Crippen LogP contribution < -0.4 is 0 Å². The lowest BCUT2D eigenvalue weighted by Gasteiger charge is -2.07. The number of hydrogen-bond acceptors (Lipinski definition) is 5. The summed E-state index contributed by atoms with van der Waals surface area (Å²) in [5, 5.41) is 14.6. The lowest BCUT2D eigenvalue weighted by Crippen LogP contribution is -1.93. The zero-order valence-electron chi connectivity index (χ0n) is 11.7. The van der Waals surface area contributed by atoms with E-state index >= 15 is 0 Å². The van der Waals surface area contributed by atoms with Crippen molar-refractivity contribution < 1.29 is 0 Å². The minimum absolute atomic E-state index is 0.445. The zero-order valence-corrected chi connectivity index (χ0v) is 12.5. The fourth-order valence-corrected chi connectivity index (χ4v) is 2.67. The first kappa shape index (κ1) is 13.3. The number of H-pyrrole nitrogens is 1. The molecule has 1 saturated carbocycles. The average Bonchev–Trinajstić information content (AvgIpc) is 3.19. The van der Waals surface area contributed by atoms with E-state index in [0.29, 0.717) is 11.5 Å². The molecular weight excluding hydrogens is 300 g/mol. The van der Waals surface area contributed by atoms with E-state index in [1.165, 1.54) is 24.7 Å². The summed E-state index contributed by atoms with van der Waals surface area (Å²) in [5.41, 5.74) is 3.57. The van der Waals surface area contributed by atoms with Crippen molar-refractivity contribution in [3.05, 3.63) is 41.2 Å². The van der Waals surface area contributed by atoms with Crippen molar-refractivity contribution >= 4 is 11.6 Å². The maximum atomic E-state index is 6.41. The molecule has 1 aliphatic carbocycles. The van der Waals surface area contributed by atoms with Crippen molar-refractivity contribution in [1.29, 1.82) is 0 Å². The molecule has 0 radical (unpaired) electrons. The maximum Gasteiger partial charge on any atom is 0.223 e. The molecule has 2 aromatic heterocycles. The highest BCUT2D eigenvalue weighted by molar-refractivity contribution is 6.31. The van der Waals surface area contributed by atoms with Crippen LogP contribution in [0.4, 0.5) is 0 Å². The predicted octanol–water partition coefficient (Wildman–Crippen LogP) is 2.93. The Bertz CT molecular complexity index is 798. The highest BCUT2D eigenvalue weighted by Gasteiger charge is 2.22. The van der Waals surface area contributed by atoms with Gasteiger partial charge in [0.15, 0.2) is 0 Å². The second-order valence-electron chi connectivity index (χ2n) is 5.48. The van der Waals surface area contributed by atoms with Gasteiger partial charge in [0.05, 0.1) is 5.69 Å². The van der Waals surface area contributed by atoms with Gasteiger partial charge in [0, 0.05) is 10.6 Å². The number of benzene rings is 1. The zero-order chi connectivity index (χ0) is 14.9. The van der Waals surface area contributed by atoms with Crippen molar-refractivity contribution in [1.82, 2.24) is 30.6 Å². The Morgan fingerprint density at radius 1 is 1.14 bits per heavy atom. The Balaban J connectivity index is 1.66. The maximum absolute atomic E-state index is 6.41. The Morgan fingerprint density at radius 3 is 2.73 bits per heavy atom. The molecule has 0 aliphatic heterocycles. The molecule has 110 valence electrons. The third-order valence-corrected chi connectivity index (χ3v) is 4.15. The van der Waals surface area contributed by atoms with Gasteiger partial charge in [-0.15, -0.1) is 10.2 Å². The molecule has 0 amide bonds. The fraction of sp³-hybridized carbons (Fsp3) is 0.267. The van der Waals surface area contributed by atoms with Gasteiger partial charge in [-0.25, -0.2) is 9.97 Å². The molecule has 1 fully saturated rings. The van der Waals surface area contributed by atoms with E-state index in [9.17, 15) is 0 Å². The fourth-order valence-electron chi connectivity index (χ4n) is 2.41. The number of tetrazole rings is 1. The summed E-state index contributed by atoms with van der Waals surface area (Å²) in [6.07, 6.45) is 5.19. The minimum Gasteiger partial charge on any atom is -0.236 e. The van der Waals surface area contributed by atoms with Crippen molar-refractivity contribution in [2.24, 2.45) is 5.92 Å². The van der Waals surface area contributed by atoms with Crippen LogP contribution in [-0.4, -0.2) is 30.6 Å². The molecule has 3 aromatic rings. The van der Waals surface area contributed by atoms with Crippen LogP contribution in [0.25, 0.3) is 22.8 Å². The van der Waals surface area contributed by atoms with Crippen LogP contribution >= 0.6 is 11.6 Å². The number of nitrogens with one attached hydrogen (secondary N) is 1. The second kappa shape index (κ2) is 5.46. The monoisotopic (exact) mass is 312 g/mol. The summed E-state index contributed by atoms with van der Waals surface area (Å²) in [5.74, 6) is 1.26. The number of aromatic nitrogens is 6. The van der Waals surface area contributed by atoms with Crippen LogP contribution in [0.3, 0.4) is 0 Å². The number of rotatable bonds is 4. The molecule has 0 unspecified atom stereocenters. The Hall–Kier alpha value is -2.34. The number of nitrogens with zero attached hydrogens (tertiary/aromatic N) is 5. The number of halogens is 1. The lowest BCUT2D eigenvalue weighted by molar-refractivity contribution is 0.833. The highest BCUT2D eigenvalue weighted by atomic mass is 35.5. The summed E-state index contributed by atoms with van der Waals surface area (Å²) < 4.78 is 0. The van der Waals surface area contributed by atoms with E-state index in [2.05, 4.69) is 36.7 Å². The van der Waals surface area contributed by atoms with Crippen molar-refractivity contribution in [3.63, 3.8) is 0 Å². The van der Waals surface area contributed by atoms with Crippen molar-refractivity contribution in [2.45, 2.75) is 19.3 Å². The van der Waals surface area contributed by atoms with E-state index < -0.39 is 0 Å². The highest BCUT2D eigenvalue weighted by Crippen LogP contribution is 2.35. The Labute approximate surface area is 132 Å². The number of aromatic amines is 1. The van der Waals surface area contributed by atoms with Gasteiger partial charge in [-0.05, 0) is 48.1 Å². The average molecular weight is 313 g/mol. The first-order valence-electron chi connectivity index (χ1n) is 7.14. The first-order valence-corrected chi connectivity index (χ1v) is 7.52. The van der Waals surface area contributed by atoms with Crippen LogP contribution in [-0.2, 0) is 6.42 Å². The summed E-state index contributed by atoms with van der Waals surface area (Å²) in [6, 6.07) is 7.93. The van der Waals surface area contributed by atoms with E-state index in [4.69, 9.17) is 11.6 Å². The first-order chi connectivity index (χ1) is 10.8. The molecule has 1 aliphatic rings. The number of hydrogen-bond donors (Lipinski definition) is 1. The van der Waals surface area contributed by atoms with Gasteiger partial charge in [0.2, 0.25) is 5.82 Å². The standard InChI is InChI=1S/C15H13ClN6/c16-12-6-11(4-3-10(12)5-9-1-2-9)13-7-14(18-8-17-13)15-19-21-22-20-15/h3-4,6-9H,1-2,5H2,(H,19,20,21,22). The van der Waals surface area contributed by atoms with Gasteiger partial charge in [0.25, 0.3) is 0 Å². The SMILES string of the molecule is Clc1cc(-c2cc(-c3nn[nH]n3)ncn2)ccc1CC1CC1. The largest absolute Gasteiger partial charge is 0.236 e. The van der Waals surface area contributed by atoms with Crippen LogP contribution in [0.15, 0.2) is 30.6 Å². The van der Waals surface area contributed by atoms with Gasteiger partial charge < -0.3 is 0 Å². The van der Waals surface area contributed by atoms with Crippen LogP contribution in [0.5, 0.6) is 0 Å². The molecule has 6 nitrogen and oxygen atoms in total. The molecule has 1 N–H and O–H groups in total. The molecule has 0 bridgehead atoms. The molecule has 0 saturated heterocycles. The van der Waals surface area contributed by atoms with Crippen LogP contribution in [0.2, 0.25) is 5.02 Å². The molecular formula is C15H13ClN6. The summed E-state index contributed by atoms with van der Waals surface area (Å²) in [4.78, 5) is 8.47. The second-order valence-corrected chi connectivity index (χ2v) is 5.88. The Kier molecular flexibility index (Phi) is 3.31. The quantitative estimate of drug-likeness (QED) is 0.801. The van der Waals surface area contributed by atoms with Gasteiger partial charge in [0.1, 0.15) is 12.0 Å². The third-order valence-electron chi connectivity index (χ3n) is 3.80. The molecule has 4 rings (SSSR count). The van der Waals surface area contributed by atoms with E-state index in [1.54, 1.807) is 0 Å². The molecule has 7 heteroatoms. The minimum atomic E-state index is 0.445. The van der Waals surface area contributed by atoms with Crippen molar-refractivity contribution in [2.75, 3.05) is 0 Å². The molecule has 0 spiro atoms. The van der Waals surface area contributed by atoms with Gasteiger partial charge in [-0.3, -0.25) is 0 Å². The molecule has 22 heavy (non-hydrogen) atoms. The third kappa shape index (κ3) is 2.69. The van der Waals surface area contributed by atoms with Gasteiger partial charge in [-0.2, -0.15) is 5.21 Å².